The van der Waals surface area contributed by atoms with Crippen LogP contribution in [-0.2, 0) is 6.42 Å². The number of hydrogen-bond donors (Lipinski definition) is 2. The molecule has 0 aliphatic heterocycles. The van der Waals surface area contributed by atoms with Gasteiger partial charge in [0, 0.05) is 25.1 Å². The van der Waals surface area contributed by atoms with Crippen molar-refractivity contribution < 1.29 is 1.43 Å². The normalized spacial score (nSPS) is 11.7. The van der Waals surface area contributed by atoms with Crippen molar-refractivity contribution in [2.75, 3.05) is 0 Å². The van der Waals surface area contributed by atoms with Crippen molar-refractivity contribution in [3.63, 3.8) is 0 Å². The molecule has 0 aromatic carbocycles. The summed E-state index contributed by atoms with van der Waals surface area (Å²) in [4.78, 5) is 8.68. The summed E-state index contributed by atoms with van der Waals surface area (Å²) in [5.41, 5.74) is 8.57. The van der Waals surface area contributed by atoms with E-state index in [1.807, 2.05) is 24.3 Å². The van der Waals surface area contributed by atoms with Crippen LogP contribution in [0.1, 0.15) is 20.0 Å². The van der Waals surface area contributed by atoms with E-state index in [1.54, 1.807) is 6.20 Å². The molecule has 0 amide bonds. The topological polar surface area (TPSA) is 100 Å². The first-order chi connectivity index (χ1) is 8.83. The van der Waals surface area contributed by atoms with Crippen LogP contribution in [0.15, 0.2) is 40.7 Å². The van der Waals surface area contributed by atoms with Crippen LogP contribution in [0.4, 0.5) is 0 Å². The number of nitrogens with one attached hydrogen (secondary N) is 1. The second-order valence-corrected chi connectivity index (χ2v) is 3.86. The molecular weight excluding hydrogens is 228 g/mol. The zero-order valence-electron chi connectivity index (χ0n) is 9.87. The number of aromatic nitrogens is 2. The van der Waals surface area contributed by atoms with Gasteiger partial charge in [-0.2, -0.15) is 5.10 Å². The Labute approximate surface area is 106 Å². The maximum absolute atomic E-state index is 6.84. The molecule has 3 N–H and O–H groups in total. The molecule has 0 bridgehead atoms. The van der Waals surface area contributed by atoms with Crippen molar-refractivity contribution in [2.45, 2.75) is 19.3 Å². The average Bonchev–Trinajstić information content (AvgIpc) is 2.43. The van der Waals surface area contributed by atoms with E-state index in [0.717, 1.165) is 29.6 Å². The number of nitrogens with two attached hydrogens (primary N) is 1. The lowest BCUT2D eigenvalue weighted by atomic mass is 10.1. The quantitative estimate of drug-likeness (QED) is 0.284. The molecule has 0 aliphatic rings. The SMILES string of the molecule is N=N/C(CCCc1ccc2cccnc2n1)=N\N.[HH]. The van der Waals surface area contributed by atoms with Crippen LogP contribution >= 0.6 is 0 Å². The van der Waals surface area contributed by atoms with Gasteiger partial charge in [0.05, 0.1) is 0 Å². The van der Waals surface area contributed by atoms with Crippen LogP contribution in [0, 0.1) is 5.53 Å². The van der Waals surface area contributed by atoms with Crippen LogP contribution in [0.2, 0.25) is 0 Å². The third-order valence-electron chi connectivity index (χ3n) is 2.63. The highest BCUT2D eigenvalue weighted by Crippen LogP contribution is 2.11. The summed E-state index contributed by atoms with van der Waals surface area (Å²) in [6, 6.07) is 7.87. The highest BCUT2D eigenvalue weighted by molar-refractivity contribution is 5.81. The maximum Gasteiger partial charge on any atom is 0.169 e. The van der Waals surface area contributed by atoms with E-state index in [1.165, 1.54) is 0 Å². The molecule has 2 aromatic heterocycles. The molecule has 18 heavy (non-hydrogen) atoms. The predicted molar refractivity (Wildman–Crippen MR) is 71.4 cm³/mol. The van der Waals surface area contributed by atoms with Crippen LogP contribution in [0.5, 0.6) is 0 Å². The van der Waals surface area contributed by atoms with E-state index in [4.69, 9.17) is 11.4 Å². The van der Waals surface area contributed by atoms with E-state index in [9.17, 15) is 0 Å². The van der Waals surface area contributed by atoms with Gasteiger partial charge in [0.25, 0.3) is 0 Å². The Morgan fingerprint density at radius 3 is 3.06 bits per heavy atom. The number of aryl methyl sites for hydroxylation is 1. The lowest BCUT2D eigenvalue weighted by Crippen LogP contribution is -2.00. The average molecular weight is 244 g/mol. The Balaban J connectivity index is 0.00000180. The molecule has 0 aliphatic carbocycles. The van der Waals surface area contributed by atoms with Crippen molar-refractivity contribution in [2.24, 2.45) is 16.1 Å². The standard InChI is InChI=1S/C12H14N6.H2/c13-17-11(18-14)5-1-4-10-7-6-9-3-2-8-15-12(9)16-10;/h2-3,6-8,13H,1,4-5,14H2;1H/b17-13?,18-11-;. The van der Waals surface area contributed by atoms with E-state index in [-0.39, 0.29) is 1.43 Å². The van der Waals surface area contributed by atoms with E-state index >= 15 is 0 Å². The second kappa shape index (κ2) is 5.81. The number of hydrogen-bond acceptors (Lipinski definition) is 5. The molecular formula is C12H16N6. The van der Waals surface area contributed by atoms with Crippen molar-refractivity contribution >= 4 is 16.9 Å². The first-order valence-corrected chi connectivity index (χ1v) is 5.68. The fourth-order valence-electron chi connectivity index (χ4n) is 1.71. The summed E-state index contributed by atoms with van der Waals surface area (Å²) in [5.74, 6) is 5.44. The van der Waals surface area contributed by atoms with Gasteiger partial charge in [0.15, 0.2) is 11.5 Å². The van der Waals surface area contributed by atoms with Gasteiger partial charge in [-0.3, -0.25) is 0 Å². The summed E-state index contributed by atoms with van der Waals surface area (Å²) in [7, 11) is 0. The lowest BCUT2D eigenvalue weighted by molar-refractivity contribution is 0.828. The van der Waals surface area contributed by atoms with E-state index in [0.29, 0.717) is 12.3 Å². The fraction of sp³-hybridized carbons (Fsp3) is 0.250. The summed E-state index contributed by atoms with van der Waals surface area (Å²) >= 11 is 0. The fourth-order valence-corrected chi connectivity index (χ4v) is 1.71. The maximum atomic E-state index is 6.84. The van der Waals surface area contributed by atoms with Gasteiger partial charge < -0.3 is 5.84 Å². The number of amidine groups is 1. The Hall–Kier alpha value is -2.37. The number of nitrogens with zero attached hydrogens (tertiary/aromatic N) is 4. The van der Waals surface area contributed by atoms with Crippen molar-refractivity contribution in [1.82, 2.24) is 9.97 Å². The number of rotatable bonds is 4. The zero-order chi connectivity index (χ0) is 12.8. The molecule has 2 aromatic rings. The first kappa shape index (κ1) is 12.1. The minimum atomic E-state index is 0. The molecule has 0 fully saturated rings. The van der Waals surface area contributed by atoms with Gasteiger partial charge in [-0.05, 0) is 37.1 Å². The van der Waals surface area contributed by atoms with E-state index < -0.39 is 0 Å². The second-order valence-electron chi connectivity index (χ2n) is 3.86. The first-order valence-electron chi connectivity index (χ1n) is 5.68. The molecule has 6 heteroatoms. The molecule has 6 nitrogen and oxygen atoms in total. The highest BCUT2D eigenvalue weighted by Gasteiger charge is 2.01. The minimum absolute atomic E-state index is 0. The highest BCUT2D eigenvalue weighted by atomic mass is 15.2. The summed E-state index contributed by atoms with van der Waals surface area (Å²) < 4.78 is 0. The molecule has 0 unspecified atom stereocenters. The molecule has 0 atom stereocenters. The van der Waals surface area contributed by atoms with Crippen molar-refractivity contribution in [3.8, 4) is 0 Å². The Bertz CT molecular complexity index is 583. The molecule has 94 valence electrons. The van der Waals surface area contributed by atoms with E-state index in [2.05, 4.69) is 20.2 Å². The van der Waals surface area contributed by atoms with Crippen LogP contribution in [-0.4, -0.2) is 15.8 Å². The minimum Gasteiger partial charge on any atom is -0.321 e. The Morgan fingerprint density at radius 1 is 1.39 bits per heavy atom. The van der Waals surface area contributed by atoms with Gasteiger partial charge in [-0.1, -0.05) is 0 Å². The van der Waals surface area contributed by atoms with Crippen LogP contribution in [0.25, 0.3) is 11.0 Å². The van der Waals surface area contributed by atoms with Gasteiger partial charge in [0.1, 0.15) is 0 Å². The van der Waals surface area contributed by atoms with Gasteiger partial charge in [-0.25, -0.2) is 15.5 Å². The number of pyridine rings is 2. The third-order valence-corrected chi connectivity index (χ3v) is 2.63. The molecule has 2 heterocycles. The number of hydrazone groups is 1. The lowest BCUT2D eigenvalue weighted by Gasteiger charge is -2.02. The molecule has 0 radical (unpaired) electrons. The smallest absolute Gasteiger partial charge is 0.169 e. The molecule has 2 rings (SSSR count). The van der Waals surface area contributed by atoms with Crippen molar-refractivity contribution in [3.05, 3.63) is 36.2 Å². The Kier molecular flexibility index (Phi) is 3.90. The molecule has 0 saturated carbocycles. The van der Waals surface area contributed by atoms with Crippen molar-refractivity contribution in [1.29, 1.82) is 5.53 Å². The summed E-state index contributed by atoms with van der Waals surface area (Å²) in [5, 5.41) is 7.68. The monoisotopic (exact) mass is 244 g/mol. The summed E-state index contributed by atoms with van der Waals surface area (Å²) in [6.07, 6.45) is 3.92. The summed E-state index contributed by atoms with van der Waals surface area (Å²) in [6.45, 7) is 0. The largest absolute Gasteiger partial charge is 0.321 e. The third kappa shape index (κ3) is 2.85. The van der Waals surface area contributed by atoms with Crippen LogP contribution < -0.4 is 5.84 Å². The number of fused-ring (bicyclic) bond motifs is 1. The Morgan fingerprint density at radius 2 is 2.28 bits per heavy atom. The van der Waals surface area contributed by atoms with Gasteiger partial charge >= 0.3 is 0 Å². The predicted octanol–water partition coefficient (Wildman–Crippen LogP) is 2.50. The van der Waals surface area contributed by atoms with Gasteiger partial charge in [-0.15, -0.1) is 5.11 Å². The molecule has 0 saturated heterocycles. The zero-order valence-corrected chi connectivity index (χ0v) is 9.87. The van der Waals surface area contributed by atoms with Gasteiger partial charge in [0.2, 0.25) is 0 Å². The van der Waals surface area contributed by atoms with Crippen LogP contribution in [0.3, 0.4) is 0 Å². The molecule has 0 spiro atoms.